The summed E-state index contributed by atoms with van der Waals surface area (Å²) in [5, 5.41) is 10.4. The SMILES string of the molecule is [C-]#[N+]c1c(Oc2cccc(N(CC#C)CC#C)c2)cccc1Oc1ccc2c(c1)C1C(c3cc(Oc4cccc(Oc5cccc(N(CC#C)CC#C)c5)c4C#N)ccc3C1(C)C)C2(C)C. The van der Waals surface area contributed by atoms with Crippen molar-refractivity contribution in [2.24, 2.45) is 0 Å². The lowest BCUT2D eigenvalue weighted by molar-refractivity contribution is 0.348. The number of nitriles is 1. The van der Waals surface area contributed by atoms with Crippen LogP contribution in [0.15, 0.2) is 121 Å². The van der Waals surface area contributed by atoms with Crippen molar-refractivity contribution in [1.82, 2.24) is 0 Å². The van der Waals surface area contributed by atoms with E-state index in [0.717, 1.165) is 11.4 Å². The fraction of sp³-hybridized carbons (Fsp3) is 0.207. The highest BCUT2D eigenvalue weighted by atomic mass is 16.5. The quantitative estimate of drug-likeness (QED) is 0.0798. The number of hydrogen-bond donors (Lipinski definition) is 0. The van der Waals surface area contributed by atoms with Crippen LogP contribution < -0.4 is 28.7 Å². The summed E-state index contributed by atoms with van der Waals surface area (Å²) in [4.78, 5) is 7.64. The summed E-state index contributed by atoms with van der Waals surface area (Å²) in [6, 6.07) is 40.4. The Labute approximate surface area is 388 Å². The van der Waals surface area contributed by atoms with Gasteiger partial charge < -0.3 is 28.7 Å². The van der Waals surface area contributed by atoms with Crippen LogP contribution in [-0.2, 0) is 10.8 Å². The first-order chi connectivity index (χ1) is 31.9. The lowest BCUT2D eigenvalue weighted by atomic mass is 9.72. The van der Waals surface area contributed by atoms with Gasteiger partial charge in [-0.1, -0.05) is 87.8 Å². The lowest BCUT2D eigenvalue weighted by Gasteiger charge is -2.31. The maximum Gasteiger partial charge on any atom is 0.270 e. The number of rotatable bonds is 14. The molecule has 0 saturated heterocycles. The molecule has 0 saturated carbocycles. The van der Waals surface area contributed by atoms with E-state index in [0.29, 0.717) is 72.2 Å². The lowest BCUT2D eigenvalue weighted by Crippen LogP contribution is -2.25. The summed E-state index contributed by atoms with van der Waals surface area (Å²) in [6.45, 7) is 18.7. The molecule has 2 aliphatic rings. The molecule has 66 heavy (non-hydrogen) atoms. The average Bonchev–Trinajstić information content (AvgIpc) is 3.70. The predicted octanol–water partition coefficient (Wildman–Crippen LogP) is 12.9. The van der Waals surface area contributed by atoms with Gasteiger partial charge in [-0.25, -0.2) is 4.85 Å². The van der Waals surface area contributed by atoms with Crippen molar-refractivity contribution in [3.05, 3.63) is 161 Å². The van der Waals surface area contributed by atoms with Crippen molar-refractivity contribution in [2.45, 2.75) is 50.4 Å². The number of fused-ring (bicyclic) bond motifs is 5. The Balaban J connectivity index is 1.05. The van der Waals surface area contributed by atoms with Crippen LogP contribution in [0.3, 0.4) is 0 Å². The monoisotopic (exact) mass is 862 g/mol. The molecule has 6 aromatic carbocycles. The maximum absolute atomic E-state index is 10.4. The zero-order valence-corrected chi connectivity index (χ0v) is 37.3. The zero-order chi connectivity index (χ0) is 46.6. The van der Waals surface area contributed by atoms with Gasteiger partial charge in [0.15, 0.2) is 0 Å². The Morgan fingerprint density at radius 1 is 0.530 bits per heavy atom. The van der Waals surface area contributed by atoms with Crippen LogP contribution in [0.2, 0.25) is 0 Å². The van der Waals surface area contributed by atoms with Crippen molar-refractivity contribution in [3.8, 4) is 101 Å². The highest BCUT2D eigenvalue weighted by Crippen LogP contribution is 2.68. The number of terminal acetylenes is 4. The summed E-state index contributed by atoms with van der Waals surface area (Å²) < 4.78 is 25.7. The van der Waals surface area contributed by atoms with Gasteiger partial charge in [0.25, 0.3) is 5.69 Å². The van der Waals surface area contributed by atoms with Gasteiger partial charge in [-0.15, -0.1) is 25.7 Å². The molecule has 2 aliphatic carbocycles. The molecule has 322 valence electrons. The van der Waals surface area contributed by atoms with Crippen LogP contribution in [0.25, 0.3) is 4.85 Å². The molecule has 2 atom stereocenters. The van der Waals surface area contributed by atoms with Gasteiger partial charge in [-0.05, 0) is 106 Å². The minimum atomic E-state index is -0.254. The topological polar surface area (TPSA) is 71.5 Å². The fourth-order valence-corrected chi connectivity index (χ4v) is 9.68. The van der Waals surface area contributed by atoms with E-state index in [4.69, 9.17) is 51.2 Å². The minimum absolute atomic E-state index is 0.112. The smallest absolute Gasteiger partial charge is 0.270 e. The van der Waals surface area contributed by atoms with Gasteiger partial charge in [0.05, 0.1) is 32.8 Å². The second-order valence-corrected chi connectivity index (χ2v) is 17.3. The van der Waals surface area contributed by atoms with Crippen molar-refractivity contribution in [1.29, 1.82) is 5.26 Å². The molecule has 0 fully saturated rings. The Kier molecular flexibility index (Phi) is 12.1. The number of anilines is 2. The summed E-state index contributed by atoms with van der Waals surface area (Å²) in [7, 11) is 0. The molecule has 0 aromatic heterocycles. The summed E-state index contributed by atoms with van der Waals surface area (Å²) >= 11 is 0. The second-order valence-electron chi connectivity index (χ2n) is 17.3. The van der Waals surface area contributed by atoms with E-state index in [1.54, 1.807) is 24.3 Å². The molecule has 0 bridgehead atoms. The Morgan fingerprint density at radius 3 is 1.27 bits per heavy atom. The number of benzene rings is 6. The number of nitrogens with zero attached hydrogens (tertiary/aromatic N) is 4. The summed E-state index contributed by atoms with van der Waals surface area (Å²) in [5.74, 6) is 14.6. The van der Waals surface area contributed by atoms with E-state index < -0.39 is 0 Å². The molecule has 6 aromatic rings. The van der Waals surface area contributed by atoms with Gasteiger partial charge in [-0.2, -0.15) is 5.26 Å². The molecule has 0 amide bonds. The first kappa shape index (κ1) is 44.0. The maximum atomic E-state index is 10.4. The first-order valence-corrected chi connectivity index (χ1v) is 21.4. The van der Waals surface area contributed by atoms with E-state index in [2.05, 4.69) is 86.6 Å². The molecule has 8 nitrogen and oxygen atoms in total. The Hall–Kier alpha value is -8.66. The first-order valence-electron chi connectivity index (χ1n) is 21.4. The summed E-state index contributed by atoms with van der Waals surface area (Å²) in [5.41, 5.74) is 6.51. The van der Waals surface area contributed by atoms with Crippen molar-refractivity contribution in [3.63, 3.8) is 0 Å². The third kappa shape index (κ3) is 8.18. The molecule has 0 radical (unpaired) electrons. The van der Waals surface area contributed by atoms with E-state index in [1.807, 2.05) is 82.6 Å². The zero-order valence-electron chi connectivity index (χ0n) is 37.3. The van der Waals surface area contributed by atoms with Crippen molar-refractivity contribution in [2.75, 3.05) is 36.0 Å². The molecule has 8 rings (SSSR count). The van der Waals surface area contributed by atoms with Gasteiger partial charge in [0.2, 0.25) is 0 Å². The van der Waals surface area contributed by atoms with E-state index in [1.165, 1.54) is 22.3 Å². The van der Waals surface area contributed by atoms with E-state index >= 15 is 0 Å². The van der Waals surface area contributed by atoms with Crippen LogP contribution in [-0.4, -0.2) is 26.2 Å². The molecule has 0 aliphatic heterocycles. The number of para-hydroxylation sites is 1. The van der Waals surface area contributed by atoms with Crippen LogP contribution >= 0.6 is 0 Å². The largest absolute Gasteiger partial charge is 0.468 e. The van der Waals surface area contributed by atoms with Gasteiger partial charge in [0.1, 0.15) is 57.6 Å². The summed E-state index contributed by atoms with van der Waals surface area (Å²) in [6.07, 6.45) is 22.4. The van der Waals surface area contributed by atoms with Crippen LogP contribution in [0, 0.1) is 67.3 Å². The molecular weight excluding hydrogens is 817 g/mol. The third-order valence-corrected chi connectivity index (χ3v) is 12.6. The average molecular weight is 863 g/mol. The molecule has 2 unspecified atom stereocenters. The Bertz CT molecular complexity index is 2880. The molecule has 8 heteroatoms. The number of ether oxygens (including phenoxy) is 4. The molecule has 0 N–H and O–H groups in total. The van der Waals surface area contributed by atoms with Crippen molar-refractivity contribution >= 4 is 17.1 Å². The molecule has 0 heterocycles. The van der Waals surface area contributed by atoms with Crippen LogP contribution in [0.4, 0.5) is 17.1 Å². The Morgan fingerprint density at radius 2 is 0.894 bits per heavy atom. The highest BCUT2D eigenvalue weighted by molar-refractivity contribution is 5.70. The molecular formula is C58H46N4O4. The van der Waals surface area contributed by atoms with Gasteiger partial charge in [-0.3, -0.25) is 0 Å². The van der Waals surface area contributed by atoms with Crippen LogP contribution in [0.5, 0.6) is 46.0 Å². The standard InChI is InChI=1S/C58H46N4O4/c1-10-30-61(31-11-2)39-18-14-20-41(34-39)63-50-22-16-23-51(47(50)38-59)64-43-26-28-48-45(36-43)54-55(57(48,5)6)46-37-44(27-29-49(46)58(54,7)8)66-53-25-17-24-52(56(53)60-9)65-42-21-15-19-40(35-42)62(32-12-3)33-13-4/h1-4,14-29,34-37,54-55H,30-33H2,5-8H3. The van der Waals surface area contributed by atoms with Gasteiger partial charge in [0, 0.05) is 35.3 Å². The second kappa shape index (κ2) is 18.2. The third-order valence-electron chi connectivity index (χ3n) is 12.6. The van der Waals surface area contributed by atoms with Gasteiger partial charge >= 0.3 is 0 Å². The van der Waals surface area contributed by atoms with Crippen LogP contribution in [0.1, 0.15) is 67.3 Å². The molecule has 0 spiro atoms. The minimum Gasteiger partial charge on any atom is -0.468 e. The highest BCUT2D eigenvalue weighted by Gasteiger charge is 2.58. The fourth-order valence-electron chi connectivity index (χ4n) is 9.68. The number of hydrogen-bond acceptors (Lipinski definition) is 7. The normalized spacial score (nSPS) is 15.4. The van der Waals surface area contributed by atoms with E-state index in [9.17, 15) is 5.26 Å². The van der Waals surface area contributed by atoms with E-state index in [-0.39, 0.29) is 33.9 Å². The predicted molar refractivity (Wildman–Crippen MR) is 261 cm³/mol. The van der Waals surface area contributed by atoms with Crippen molar-refractivity contribution < 1.29 is 18.9 Å².